The SMILES string of the molecule is OC1C(O)[C@H](O)[C@H](O)CO[C@@H]1O[C@@H]1CO[C@H](O[C@@H]2CO[C@H](O)C(O)C(O)[C@@H]2O)C(O)C(O)[C@@H]1O. The van der Waals surface area contributed by atoms with Gasteiger partial charge in [-0.25, -0.2) is 0 Å². The summed E-state index contributed by atoms with van der Waals surface area (Å²) >= 11 is 0. The molecule has 0 spiro atoms. The van der Waals surface area contributed by atoms with Crippen LogP contribution in [0.4, 0.5) is 0 Å². The van der Waals surface area contributed by atoms with Gasteiger partial charge in [0.1, 0.15) is 73.2 Å². The first-order valence-electron chi connectivity index (χ1n) is 10.6. The van der Waals surface area contributed by atoms with Crippen molar-refractivity contribution in [3.05, 3.63) is 0 Å². The second-order valence-corrected chi connectivity index (χ2v) is 8.46. The molecule has 0 aromatic heterocycles. The van der Waals surface area contributed by atoms with Crippen molar-refractivity contribution in [3.8, 4) is 0 Å². The third-order valence-electron chi connectivity index (χ3n) is 6.01. The van der Waals surface area contributed by atoms with Gasteiger partial charge < -0.3 is 79.9 Å². The van der Waals surface area contributed by atoms with E-state index in [2.05, 4.69) is 0 Å². The maximum Gasteiger partial charge on any atom is 0.186 e. The van der Waals surface area contributed by atoms with Crippen molar-refractivity contribution in [1.82, 2.24) is 0 Å². The minimum absolute atomic E-state index is 0.542. The summed E-state index contributed by atoms with van der Waals surface area (Å²) in [5.74, 6) is 0. The summed E-state index contributed by atoms with van der Waals surface area (Å²) in [5, 5.41) is 110. The summed E-state index contributed by atoms with van der Waals surface area (Å²) in [7, 11) is 0. The predicted octanol–water partition coefficient (Wildman–Crippen LogP) is -7.57. The van der Waals surface area contributed by atoms with Gasteiger partial charge in [0.25, 0.3) is 0 Å². The molecular formula is C18H32O16. The number of aliphatic hydroxyl groups is 11. The second kappa shape index (κ2) is 11.6. The minimum Gasteiger partial charge on any atom is -0.388 e. The first kappa shape index (κ1) is 27.9. The summed E-state index contributed by atoms with van der Waals surface area (Å²) in [6.45, 7) is -1.68. The van der Waals surface area contributed by atoms with E-state index in [0.29, 0.717) is 0 Å². The molecule has 3 rings (SSSR count). The largest absolute Gasteiger partial charge is 0.388 e. The Balaban J connectivity index is 1.68. The fourth-order valence-corrected chi connectivity index (χ4v) is 3.76. The van der Waals surface area contributed by atoms with E-state index >= 15 is 0 Å². The molecule has 0 aromatic carbocycles. The molecule has 0 amide bonds. The molecule has 3 aliphatic rings. The van der Waals surface area contributed by atoms with Crippen molar-refractivity contribution in [3.63, 3.8) is 0 Å². The third-order valence-corrected chi connectivity index (χ3v) is 6.01. The molecule has 0 bridgehead atoms. The van der Waals surface area contributed by atoms with Crippen LogP contribution in [0.25, 0.3) is 0 Å². The van der Waals surface area contributed by atoms with Crippen molar-refractivity contribution >= 4 is 0 Å². The highest BCUT2D eigenvalue weighted by atomic mass is 16.7. The molecule has 0 saturated carbocycles. The van der Waals surface area contributed by atoms with Crippen LogP contribution in [0.2, 0.25) is 0 Å². The molecule has 11 N–H and O–H groups in total. The summed E-state index contributed by atoms with van der Waals surface area (Å²) < 4.78 is 26.1. The number of ether oxygens (including phenoxy) is 5. The summed E-state index contributed by atoms with van der Waals surface area (Å²) in [6, 6.07) is 0. The molecule has 16 heteroatoms. The van der Waals surface area contributed by atoms with Crippen LogP contribution in [0, 0.1) is 0 Å². The highest BCUT2D eigenvalue weighted by Gasteiger charge is 2.48. The highest BCUT2D eigenvalue weighted by molar-refractivity contribution is 4.92. The lowest BCUT2D eigenvalue weighted by Crippen LogP contribution is -2.52. The lowest BCUT2D eigenvalue weighted by molar-refractivity contribution is -0.264. The maximum atomic E-state index is 10.4. The summed E-state index contributed by atoms with van der Waals surface area (Å²) in [5.41, 5.74) is 0. The van der Waals surface area contributed by atoms with Crippen molar-refractivity contribution in [2.24, 2.45) is 0 Å². The van der Waals surface area contributed by atoms with E-state index in [9.17, 15) is 56.2 Å². The first-order chi connectivity index (χ1) is 15.9. The minimum atomic E-state index is -1.97. The van der Waals surface area contributed by atoms with Gasteiger partial charge in [-0.15, -0.1) is 0 Å². The quantitative estimate of drug-likeness (QED) is 0.170. The van der Waals surface area contributed by atoms with E-state index in [1.54, 1.807) is 0 Å². The lowest BCUT2D eigenvalue weighted by Gasteiger charge is -2.31. The van der Waals surface area contributed by atoms with E-state index in [1.807, 2.05) is 0 Å². The molecule has 34 heavy (non-hydrogen) atoms. The van der Waals surface area contributed by atoms with Crippen LogP contribution >= 0.6 is 0 Å². The fourth-order valence-electron chi connectivity index (χ4n) is 3.76. The molecule has 3 saturated heterocycles. The Kier molecular flexibility index (Phi) is 9.54. The average molecular weight is 504 g/mol. The predicted molar refractivity (Wildman–Crippen MR) is 101 cm³/mol. The Bertz CT molecular complexity index is 589. The molecule has 3 heterocycles. The average Bonchev–Trinajstić information content (AvgIpc) is 3.02. The van der Waals surface area contributed by atoms with Crippen LogP contribution in [-0.4, -0.2) is 168 Å². The zero-order valence-corrected chi connectivity index (χ0v) is 17.7. The van der Waals surface area contributed by atoms with E-state index in [-0.39, 0.29) is 0 Å². The molecular weight excluding hydrogens is 472 g/mol. The van der Waals surface area contributed by atoms with Crippen molar-refractivity contribution in [2.45, 2.75) is 92.1 Å². The molecule has 0 aromatic rings. The smallest absolute Gasteiger partial charge is 0.186 e. The van der Waals surface area contributed by atoms with Crippen LogP contribution < -0.4 is 0 Å². The van der Waals surface area contributed by atoms with Crippen LogP contribution in [0.3, 0.4) is 0 Å². The van der Waals surface area contributed by atoms with E-state index in [1.165, 1.54) is 0 Å². The van der Waals surface area contributed by atoms with Gasteiger partial charge in [0.15, 0.2) is 18.9 Å². The Morgan fingerprint density at radius 1 is 0.412 bits per heavy atom. The van der Waals surface area contributed by atoms with Crippen molar-refractivity contribution in [2.75, 3.05) is 19.8 Å². The monoisotopic (exact) mass is 504 g/mol. The number of aliphatic hydroxyl groups excluding tert-OH is 11. The van der Waals surface area contributed by atoms with Gasteiger partial charge in [0, 0.05) is 0 Å². The summed E-state index contributed by atoms with van der Waals surface area (Å²) in [4.78, 5) is 0. The van der Waals surface area contributed by atoms with Gasteiger partial charge in [-0.05, 0) is 0 Å². The first-order valence-corrected chi connectivity index (χ1v) is 10.6. The zero-order valence-electron chi connectivity index (χ0n) is 17.7. The van der Waals surface area contributed by atoms with Crippen LogP contribution in [-0.2, 0) is 23.7 Å². The van der Waals surface area contributed by atoms with Gasteiger partial charge in [-0.3, -0.25) is 0 Å². The van der Waals surface area contributed by atoms with Crippen LogP contribution in [0.5, 0.6) is 0 Å². The van der Waals surface area contributed by atoms with E-state index in [0.717, 1.165) is 0 Å². The second-order valence-electron chi connectivity index (χ2n) is 8.46. The molecule has 0 aliphatic carbocycles. The van der Waals surface area contributed by atoms with Gasteiger partial charge >= 0.3 is 0 Å². The zero-order chi connectivity index (χ0) is 25.3. The topological polar surface area (TPSA) is 269 Å². The molecule has 200 valence electrons. The number of hydrogen-bond donors (Lipinski definition) is 11. The van der Waals surface area contributed by atoms with Crippen LogP contribution in [0.15, 0.2) is 0 Å². The lowest BCUT2D eigenvalue weighted by atomic mass is 10.0. The Labute approximate surface area is 192 Å². The molecule has 0 radical (unpaired) electrons. The number of rotatable bonds is 4. The Morgan fingerprint density at radius 2 is 0.824 bits per heavy atom. The highest BCUT2D eigenvalue weighted by Crippen LogP contribution is 2.26. The number of hydrogen-bond acceptors (Lipinski definition) is 16. The Morgan fingerprint density at radius 3 is 1.35 bits per heavy atom. The van der Waals surface area contributed by atoms with E-state index < -0.39 is 112 Å². The van der Waals surface area contributed by atoms with Crippen molar-refractivity contribution in [1.29, 1.82) is 0 Å². The normalized spacial score (nSPS) is 53.6. The van der Waals surface area contributed by atoms with Gasteiger partial charge in [0.05, 0.1) is 19.8 Å². The van der Waals surface area contributed by atoms with Crippen LogP contribution in [0.1, 0.15) is 0 Å². The molecule has 3 fully saturated rings. The summed E-state index contributed by atoms with van der Waals surface area (Å²) in [6.07, 6.45) is -26.5. The standard InChI is InChI=1S/C18H32O16/c19-4-1-31-17(14(27)10(23)7(4)20)34-6-3-32-18(15(28)12(25)9(6)22)33-5-2-30-16(29)13(26)11(24)8(5)21/h4-29H,1-3H2/t4-,5-,6-,7-,8-,9-,10?,11?,12?,13?,14?,15?,16+,17-,18-/m1/s1. The molecule has 16 nitrogen and oxygen atoms in total. The molecule has 6 unspecified atom stereocenters. The molecule has 15 atom stereocenters. The van der Waals surface area contributed by atoms with E-state index in [4.69, 9.17) is 23.7 Å². The van der Waals surface area contributed by atoms with Gasteiger partial charge in [-0.1, -0.05) is 0 Å². The van der Waals surface area contributed by atoms with Gasteiger partial charge in [0.2, 0.25) is 0 Å². The third kappa shape index (κ3) is 5.84. The van der Waals surface area contributed by atoms with Crippen molar-refractivity contribution < 1.29 is 79.9 Å². The molecule has 3 aliphatic heterocycles. The fraction of sp³-hybridized carbons (Fsp3) is 1.00. The van der Waals surface area contributed by atoms with Gasteiger partial charge in [-0.2, -0.15) is 0 Å². The maximum absolute atomic E-state index is 10.4. The Hall–Kier alpha value is -0.640.